The van der Waals surface area contributed by atoms with E-state index in [-0.39, 0.29) is 11.9 Å². The summed E-state index contributed by atoms with van der Waals surface area (Å²) in [7, 11) is 0. The van der Waals surface area contributed by atoms with E-state index in [9.17, 15) is 9.59 Å². The zero-order valence-electron chi connectivity index (χ0n) is 15.9. The molecule has 150 valence electrons. The number of nitrogens with one attached hydrogen (secondary N) is 3. The molecule has 2 aromatic carbocycles. The van der Waals surface area contributed by atoms with Crippen LogP contribution >= 0.6 is 11.3 Å². The number of aromatic nitrogens is 2. The highest BCUT2D eigenvalue weighted by atomic mass is 32.1. The number of hydrogen-bond acceptors (Lipinski definition) is 4. The quantitative estimate of drug-likeness (QED) is 0.431. The van der Waals surface area contributed by atoms with Crippen molar-refractivity contribution in [2.75, 3.05) is 10.6 Å². The lowest BCUT2D eigenvalue weighted by atomic mass is 10.2. The molecule has 0 aliphatic heterocycles. The van der Waals surface area contributed by atoms with E-state index in [2.05, 4.69) is 21.0 Å². The minimum absolute atomic E-state index is 0.187. The largest absolute Gasteiger partial charge is 0.347 e. The van der Waals surface area contributed by atoms with Crippen molar-refractivity contribution in [1.82, 2.24) is 15.1 Å². The van der Waals surface area contributed by atoms with E-state index < -0.39 is 0 Å². The molecule has 30 heavy (non-hydrogen) atoms. The highest BCUT2D eigenvalue weighted by molar-refractivity contribution is 7.18. The number of nitrogens with zero attached hydrogens (tertiary/aromatic N) is 2. The smallest absolute Gasteiger partial charge is 0.324 e. The molecule has 0 radical (unpaired) electrons. The van der Waals surface area contributed by atoms with E-state index in [1.807, 2.05) is 54.7 Å². The van der Waals surface area contributed by atoms with Gasteiger partial charge in [0.05, 0.1) is 15.6 Å². The van der Waals surface area contributed by atoms with Gasteiger partial charge >= 0.3 is 6.03 Å². The number of hydrogen-bond donors (Lipinski definition) is 3. The summed E-state index contributed by atoms with van der Waals surface area (Å²) in [5.41, 5.74) is 2.64. The van der Waals surface area contributed by atoms with Crippen LogP contribution < -0.4 is 16.0 Å². The summed E-state index contributed by atoms with van der Waals surface area (Å²) in [6.07, 6.45) is 3.60. The SMILES string of the molecule is O=C(Nc1ccccc1)Nc1ccc(C(=O)NCc2ccc(-n3cccn3)cc2)s1. The van der Waals surface area contributed by atoms with Gasteiger partial charge in [-0.05, 0) is 48.0 Å². The summed E-state index contributed by atoms with van der Waals surface area (Å²) >= 11 is 1.22. The normalized spacial score (nSPS) is 10.4. The lowest BCUT2D eigenvalue weighted by Crippen LogP contribution is -2.21. The first-order valence-corrected chi connectivity index (χ1v) is 10.1. The van der Waals surface area contributed by atoms with Gasteiger partial charge in [-0.15, -0.1) is 11.3 Å². The van der Waals surface area contributed by atoms with Crippen molar-refractivity contribution in [3.63, 3.8) is 0 Å². The molecule has 3 N–H and O–H groups in total. The Morgan fingerprint density at radius 3 is 2.43 bits per heavy atom. The van der Waals surface area contributed by atoms with Gasteiger partial charge in [-0.2, -0.15) is 5.10 Å². The third-order valence-corrected chi connectivity index (χ3v) is 5.26. The van der Waals surface area contributed by atoms with Gasteiger partial charge in [-0.3, -0.25) is 10.1 Å². The van der Waals surface area contributed by atoms with Crippen LogP contribution in [0.4, 0.5) is 15.5 Å². The second-order valence-corrected chi connectivity index (χ2v) is 7.49. The van der Waals surface area contributed by atoms with Crippen molar-refractivity contribution < 1.29 is 9.59 Å². The number of amides is 3. The maximum absolute atomic E-state index is 12.4. The van der Waals surface area contributed by atoms with Crippen LogP contribution in [-0.2, 0) is 6.54 Å². The average Bonchev–Trinajstić information content (AvgIpc) is 3.45. The second kappa shape index (κ2) is 9.06. The Morgan fingerprint density at radius 2 is 1.70 bits per heavy atom. The van der Waals surface area contributed by atoms with E-state index in [1.54, 1.807) is 35.1 Å². The molecule has 0 aliphatic rings. The Morgan fingerprint density at radius 1 is 0.900 bits per heavy atom. The predicted octanol–water partition coefficient (Wildman–Crippen LogP) is 4.51. The minimum Gasteiger partial charge on any atom is -0.347 e. The van der Waals surface area contributed by atoms with Crippen LogP contribution in [0, 0.1) is 0 Å². The summed E-state index contributed by atoms with van der Waals surface area (Å²) in [4.78, 5) is 25.0. The maximum Gasteiger partial charge on any atom is 0.324 e. The van der Waals surface area contributed by atoms with E-state index >= 15 is 0 Å². The zero-order chi connectivity index (χ0) is 20.8. The van der Waals surface area contributed by atoms with Crippen LogP contribution in [0.1, 0.15) is 15.2 Å². The Labute approximate surface area is 177 Å². The van der Waals surface area contributed by atoms with Gasteiger partial charge in [0, 0.05) is 24.6 Å². The predicted molar refractivity (Wildman–Crippen MR) is 118 cm³/mol. The van der Waals surface area contributed by atoms with Crippen LogP contribution in [0.15, 0.2) is 85.2 Å². The molecular weight excluding hydrogens is 398 g/mol. The van der Waals surface area contributed by atoms with Crippen molar-refractivity contribution in [1.29, 1.82) is 0 Å². The van der Waals surface area contributed by atoms with Gasteiger partial charge in [0.25, 0.3) is 5.91 Å². The molecule has 0 fully saturated rings. The number of para-hydroxylation sites is 1. The third-order valence-electron chi connectivity index (χ3n) is 4.26. The second-order valence-electron chi connectivity index (χ2n) is 6.41. The first kappa shape index (κ1) is 19.4. The molecule has 4 rings (SSSR count). The summed E-state index contributed by atoms with van der Waals surface area (Å²) in [6, 6.07) is 21.9. The number of carbonyl (C=O) groups is 2. The maximum atomic E-state index is 12.4. The molecule has 0 spiro atoms. The standard InChI is InChI=1S/C22H19N5O2S/c28-21(23-15-16-7-9-18(10-8-16)27-14-4-13-24-27)19-11-12-20(30-19)26-22(29)25-17-5-2-1-3-6-17/h1-14H,15H2,(H,23,28)(H2,25,26,29). The fourth-order valence-electron chi connectivity index (χ4n) is 2.78. The number of urea groups is 1. The molecule has 0 bridgehead atoms. The van der Waals surface area contributed by atoms with E-state index in [4.69, 9.17) is 0 Å². The highest BCUT2D eigenvalue weighted by Gasteiger charge is 2.11. The molecule has 0 aliphatic carbocycles. The fraction of sp³-hybridized carbons (Fsp3) is 0.0455. The topological polar surface area (TPSA) is 88.0 Å². The molecule has 0 unspecified atom stereocenters. The van der Waals surface area contributed by atoms with Gasteiger partial charge in [-0.25, -0.2) is 9.48 Å². The monoisotopic (exact) mass is 417 g/mol. The number of anilines is 2. The minimum atomic E-state index is -0.354. The van der Waals surface area contributed by atoms with Gasteiger partial charge in [0.15, 0.2) is 0 Å². The third kappa shape index (κ3) is 4.92. The van der Waals surface area contributed by atoms with Crippen LogP contribution in [0.2, 0.25) is 0 Å². The van der Waals surface area contributed by atoms with Crippen LogP contribution in [0.5, 0.6) is 0 Å². The van der Waals surface area contributed by atoms with Gasteiger partial charge < -0.3 is 10.6 Å². The Balaban J connectivity index is 1.29. The van der Waals surface area contributed by atoms with Crippen molar-refractivity contribution >= 4 is 34.0 Å². The van der Waals surface area contributed by atoms with E-state index in [0.717, 1.165) is 11.3 Å². The molecule has 0 saturated carbocycles. The first-order chi connectivity index (χ1) is 14.7. The Kier molecular flexibility index (Phi) is 5.86. The lowest BCUT2D eigenvalue weighted by Gasteiger charge is -2.06. The molecule has 0 saturated heterocycles. The molecule has 3 amide bonds. The summed E-state index contributed by atoms with van der Waals surface area (Å²) in [5.74, 6) is -0.187. The van der Waals surface area contributed by atoms with Crippen LogP contribution in [0.3, 0.4) is 0 Å². The molecule has 2 aromatic heterocycles. The van der Waals surface area contributed by atoms with Crippen LogP contribution in [0.25, 0.3) is 5.69 Å². The molecule has 4 aromatic rings. The van der Waals surface area contributed by atoms with E-state index in [1.165, 1.54) is 11.3 Å². The van der Waals surface area contributed by atoms with Crippen molar-refractivity contribution in [3.05, 3.63) is 95.6 Å². The summed E-state index contributed by atoms with van der Waals surface area (Å²) in [5, 5.41) is 13.2. The van der Waals surface area contributed by atoms with Crippen molar-refractivity contribution in [3.8, 4) is 5.69 Å². The van der Waals surface area contributed by atoms with Crippen LogP contribution in [-0.4, -0.2) is 21.7 Å². The number of thiophene rings is 1. The average molecular weight is 417 g/mol. The molecule has 2 heterocycles. The van der Waals surface area contributed by atoms with Crippen molar-refractivity contribution in [2.45, 2.75) is 6.54 Å². The zero-order valence-corrected chi connectivity index (χ0v) is 16.7. The fourth-order valence-corrected chi connectivity index (χ4v) is 3.60. The van der Waals surface area contributed by atoms with Gasteiger partial charge in [0.2, 0.25) is 0 Å². The number of carbonyl (C=O) groups excluding carboxylic acids is 2. The van der Waals surface area contributed by atoms with E-state index in [0.29, 0.717) is 22.1 Å². The van der Waals surface area contributed by atoms with Crippen molar-refractivity contribution in [2.24, 2.45) is 0 Å². The molecule has 7 nitrogen and oxygen atoms in total. The molecular formula is C22H19N5O2S. The Hall–Kier alpha value is -3.91. The highest BCUT2D eigenvalue weighted by Crippen LogP contribution is 2.22. The molecule has 0 atom stereocenters. The number of benzene rings is 2. The lowest BCUT2D eigenvalue weighted by molar-refractivity contribution is 0.0955. The summed E-state index contributed by atoms with van der Waals surface area (Å²) in [6.45, 7) is 0.410. The number of rotatable bonds is 6. The molecule has 8 heteroatoms. The first-order valence-electron chi connectivity index (χ1n) is 9.27. The van der Waals surface area contributed by atoms with Gasteiger partial charge in [-0.1, -0.05) is 30.3 Å². The Bertz CT molecular complexity index is 1120. The summed E-state index contributed by atoms with van der Waals surface area (Å²) < 4.78 is 1.77. The van der Waals surface area contributed by atoms with Gasteiger partial charge in [0.1, 0.15) is 0 Å².